The molecule has 0 unspecified atom stereocenters. The molecule has 0 saturated carbocycles. The maximum absolute atomic E-state index is 12.0. The topological polar surface area (TPSA) is 114 Å². The molecule has 0 radical (unpaired) electrons. The van der Waals surface area contributed by atoms with Crippen molar-refractivity contribution >= 4 is 29.3 Å². The van der Waals surface area contributed by atoms with Crippen LogP contribution in [0.2, 0.25) is 5.02 Å². The summed E-state index contributed by atoms with van der Waals surface area (Å²) in [7, 11) is 2.93. The van der Waals surface area contributed by atoms with Gasteiger partial charge in [-0.2, -0.15) is 0 Å². The zero-order valence-corrected chi connectivity index (χ0v) is 15.3. The summed E-state index contributed by atoms with van der Waals surface area (Å²) in [6, 6.07) is 6.60. The molecule has 0 bridgehead atoms. The van der Waals surface area contributed by atoms with E-state index >= 15 is 0 Å². The first kappa shape index (κ1) is 20.1. The highest BCUT2D eigenvalue weighted by atomic mass is 35.5. The summed E-state index contributed by atoms with van der Waals surface area (Å²) in [6.45, 7) is -0.129. The molecular formula is C18H16ClN2O6-. The molecule has 27 heavy (non-hydrogen) atoms. The molecule has 0 aliphatic carbocycles. The number of hydrogen-bond acceptors (Lipinski definition) is 6. The number of amides is 1. The smallest absolute Gasteiger partial charge is 0.269 e. The number of carbonyl (C=O) groups excluding carboxylic acids is 1. The Hall–Kier alpha value is -3.26. The Labute approximate surface area is 160 Å². The lowest BCUT2D eigenvalue weighted by molar-refractivity contribution is -0.385. The maximum Gasteiger partial charge on any atom is 0.269 e. The fraction of sp³-hybridized carbons (Fsp3) is 0.167. The molecule has 0 aliphatic heterocycles. The van der Waals surface area contributed by atoms with E-state index in [-0.39, 0.29) is 17.8 Å². The minimum atomic E-state index is -0.606. The van der Waals surface area contributed by atoms with Gasteiger partial charge in [0.1, 0.15) is 0 Å². The van der Waals surface area contributed by atoms with Crippen molar-refractivity contribution in [2.24, 2.45) is 0 Å². The molecular weight excluding hydrogens is 376 g/mol. The van der Waals surface area contributed by atoms with Crippen molar-refractivity contribution in [1.82, 2.24) is 5.32 Å². The number of nitrogens with one attached hydrogen (secondary N) is 1. The van der Waals surface area contributed by atoms with Gasteiger partial charge in [0.15, 0.2) is 11.5 Å². The van der Waals surface area contributed by atoms with E-state index in [0.29, 0.717) is 22.1 Å². The fourth-order valence-electron chi connectivity index (χ4n) is 2.26. The molecule has 0 aromatic heterocycles. The molecule has 0 spiro atoms. The van der Waals surface area contributed by atoms with E-state index in [1.165, 1.54) is 26.4 Å². The van der Waals surface area contributed by atoms with Crippen molar-refractivity contribution in [1.29, 1.82) is 0 Å². The third kappa shape index (κ3) is 5.11. The van der Waals surface area contributed by atoms with Gasteiger partial charge < -0.3 is 19.9 Å². The fourth-order valence-corrected chi connectivity index (χ4v) is 2.56. The van der Waals surface area contributed by atoms with Crippen molar-refractivity contribution in [2.75, 3.05) is 14.2 Å². The van der Waals surface area contributed by atoms with Crippen LogP contribution < -0.4 is 19.9 Å². The molecule has 0 aliphatic rings. The standard InChI is InChI=1S/C18H17ClN2O6/c1-26-16-8-11(7-14(19)18(16)27-2)3-6-17(23)20-10-12-9-13(21(24)25)4-5-15(12)22/h3-9,22H,10H2,1-2H3,(H,20,23)/p-1/b6-3+. The van der Waals surface area contributed by atoms with Gasteiger partial charge in [0.05, 0.1) is 24.2 Å². The maximum atomic E-state index is 12.0. The van der Waals surface area contributed by atoms with Crippen LogP contribution in [0, 0.1) is 10.1 Å². The van der Waals surface area contributed by atoms with Gasteiger partial charge in [0.2, 0.25) is 5.91 Å². The van der Waals surface area contributed by atoms with Crippen LogP contribution in [0.1, 0.15) is 11.1 Å². The molecule has 0 saturated heterocycles. The number of nitro groups is 1. The highest BCUT2D eigenvalue weighted by Gasteiger charge is 2.10. The van der Waals surface area contributed by atoms with Crippen molar-refractivity contribution in [3.63, 3.8) is 0 Å². The van der Waals surface area contributed by atoms with Crippen molar-refractivity contribution in [2.45, 2.75) is 6.54 Å². The Balaban J connectivity index is 2.07. The van der Waals surface area contributed by atoms with E-state index in [9.17, 15) is 20.0 Å². The van der Waals surface area contributed by atoms with Crippen molar-refractivity contribution in [3.05, 3.63) is 62.7 Å². The third-order valence-electron chi connectivity index (χ3n) is 3.59. The molecule has 142 valence electrons. The quantitative estimate of drug-likeness (QED) is 0.441. The van der Waals surface area contributed by atoms with Gasteiger partial charge in [-0.15, -0.1) is 5.75 Å². The summed E-state index contributed by atoms with van der Waals surface area (Å²) < 4.78 is 10.3. The van der Waals surface area contributed by atoms with Crippen LogP contribution in [0.5, 0.6) is 17.2 Å². The number of nitrogens with zero attached hydrogens (tertiary/aromatic N) is 1. The Morgan fingerprint density at radius 1 is 1.26 bits per heavy atom. The normalized spacial score (nSPS) is 10.6. The molecule has 0 fully saturated rings. The first-order chi connectivity index (χ1) is 12.8. The Bertz CT molecular complexity index is 898. The number of hydrogen-bond donors (Lipinski definition) is 1. The van der Waals surface area contributed by atoms with E-state index in [1.54, 1.807) is 12.1 Å². The lowest BCUT2D eigenvalue weighted by atomic mass is 10.1. The number of methoxy groups -OCH3 is 2. The molecule has 0 heterocycles. The molecule has 2 aromatic carbocycles. The van der Waals surface area contributed by atoms with E-state index in [2.05, 4.69) is 5.32 Å². The number of carbonyl (C=O) groups is 1. The highest BCUT2D eigenvalue weighted by molar-refractivity contribution is 6.32. The molecule has 8 nitrogen and oxygen atoms in total. The minimum absolute atomic E-state index is 0.125. The first-order valence-corrected chi connectivity index (χ1v) is 8.05. The summed E-state index contributed by atoms with van der Waals surface area (Å²) in [4.78, 5) is 22.1. The Morgan fingerprint density at radius 3 is 2.63 bits per heavy atom. The number of rotatable bonds is 7. The van der Waals surface area contributed by atoms with Crippen LogP contribution in [0.3, 0.4) is 0 Å². The van der Waals surface area contributed by atoms with Crippen LogP contribution >= 0.6 is 11.6 Å². The molecule has 2 rings (SSSR count). The van der Waals surface area contributed by atoms with Crippen LogP contribution in [0.15, 0.2) is 36.4 Å². The summed E-state index contributed by atoms with van der Waals surface area (Å²) in [5, 5.41) is 25.3. The van der Waals surface area contributed by atoms with E-state index < -0.39 is 16.6 Å². The second-order valence-corrected chi connectivity index (χ2v) is 5.75. The van der Waals surface area contributed by atoms with Gasteiger partial charge in [-0.05, 0) is 29.3 Å². The molecule has 9 heteroatoms. The summed E-state index contributed by atoms with van der Waals surface area (Å²) >= 11 is 6.10. The lowest BCUT2D eigenvalue weighted by Gasteiger charge is -2.13. The van der Waals surface area contributed by atoms with Crippen LogP contribution in [-0.4, -0.2) is 25.1 Å². The summed E-state index contributed by atoms with van der Waals surface area (Å²) in [5.74, 6) is -0.0737. The predicted molar refractivity (Wildman–Crippen MR) is 98.0 cm³/mol. The average Bonchev–Trinajstić information content (AvgIpc) is 2.64. The highest BCUT2D eigenvalue weighted by Crippen LogP contribution is 2.36. The van der Waals surface area contributed by atoms with Crippen LogP contribution in [-0.2, 0) is 11.3 Å². The summed E-state index contributed by atoms with van der Waals surface area (Å²) in [5.41, 5.74) is 0.516. The summed E-state index contributed by atoms with van der Waals surface area (Å²) in [6.07, 6.45) is 2.76. The number of ether oxygens (including phenoxy) is 2. The SMILES string of the molecule is COc1cc(/C=C/C(=O)NCc2cc([N+](=O)[O-])ccc2[O-])cc(Cl)c1OC. The molecule has 2 aromatic rings. The first-order valence-electron chi connectivity index (χ1n) is 7.67. The molecule has 1 N–H and O–H groups in total. The number of benzene rings is 2. The van der Waals surface area contributed by atoms with Gasteiger partial charge in [0.25, 0.3) is 5.69 Å². The molecule has 0 atom stereocenters. The van der Waals surface area contributed by atoms with E-state index in [0.717, 1.165) is 18.2 Å². The van der Waals surface area contributed by atoms with Gasteiger partial charge >= 0.3 is 0 Å². The zero-order valence-electron chi connectivity index (χ0n) is 14.5. The lowest BCUT2D eigenvalue weighted by Crippen LogP contribution is -2.21. The Morgan fingerprint density at radius 2 is 2.00 bits per heavy atom. The average molecular weight is 392 g/mol. The second-order valence-electron chi connectivity index (χ2n) is 5.34. The van der Waals surface area contributed by atoms with Gasteiger partial charge in [-0.1, -0.05) is 17.7 Å². The monoisotopic (exact) mass is 391 g/mol. The largest absolute Gasteiger partial charge is 0.872 e. The van der Waals surface area contributed by atoms with Gasteiger partial charge in [-0.3, -0.25) is 14.9 Å². The zero-order chi connectivity index (χ0) is 20.0. The number of nitro benzene ring substituents is 1. The van der Waals surface area contributed by atoms with Crippen LogP contribution in [0.4, 0.5) is 5.69 Å². The number of halogens is 1. The Kier molecular flexibility index (Phi) is 6.62. The van der Waals surface area contributed by atoms with E-state index in [4.69, 9.17) is 21.1 Å². The predicted octanol–water partition coefficient (Wildman–Crippen LogP) is 2.67. The van der Waals surface area contributed by atoms with Crippen molar-refractivity contribution < 1.29 is 24.3 Å². The van der Waals surface area contributed by atoms with E-state index in [1.807, 2.05) is 0 Å². The second kappa shape index (κ2) is 8.91. The minimum Gasteiger partial charge on any atom is -0.872 e. The van der Waals surface area contributed by atoms with Crippen molar-refractivity contribution in [3.8, 4) is 17.2 Å². The van der Waals surface area contributed by atoms with Gasteiger partial charge in [0, 0.05) is 24.8 Å². The molecule has 1 amide bonds. The van der Waals surface area contributed by atoms with Crippen LogP contribution in [0.25, 0.3) is 6.08 Å². The van der Waals surface area contributed by atoms with Gasteiger partial charge in [-0.25, -0.2) is 0 Å². The number of non-ortho nitro benzene ring substituents is 1. The third-order valence-corrected chi connectivity index (χ3v) is 3.87.